The zero-order valence-corrected chi connectivity index (χ0v) is 19.6. The van der Waals surface area contributed by atoms with Gasteiger partial charge in [-0.25, -0.2) is 4.79 Å². The van der Waals surface area contributed by atoms with Crippen LogP contribution in [-0.4, -0.2) is 55.7 Å². The number of rotatable bonds is 8. The second kappa shape index (κ2) is 10.5. The molecule has 0 radical (unpaired) electrons. The fraction of sp³-hybridized carbons (Fsp3) is 0.480. The number of halogens is 1. The summed E-state index contributed by atoms with van der Waals surface area (Å²) in [6.45, 7) is 3.87. The summed E-state index contributed by atoms with van der Waals surface area (Å²) in [5.74, 6) is 1.91. The van der Waals surface area contributed by atoms with Crippen molar-refractivity contribution in [2.24, 2.45) is 5.92 Å². The Morgan fingerprint density at radius 1 is 1.19 bits per heavy atom. The van der Waals surface area contributed by atoms with E-state index in [4.69, 9.17) is 21.1 Å². The van der Waals surface area contributed by atoms with Gasteiger partial charge in [-0.1, -0.05) is 29.8 Å². The number of hydrogen-bond donors (Lipinski definition) is 1. The number of hydrogen-bond acceptors (Lipinski definition) is 4. The van der Waals surface area contributed by atoms with Crippen LogP contribution in [0, 0.1) is 5.92 Å². The van der Waals surface area contributed by atoms with Gasteiger partial charge in [0, 0.05) is 31.9 Å². The highest BCUT2D eigenvalue weighted by Crippen LogP contribution is 2.36. The van der Waals surface area contributed by atoms with Crippen LogP contribution in [0.5, 0.6) is 11.5 Å². The molecule has 1 N–H and O–H groups in total. The van der Waals surface area contributed by atoms with Crippen molar-refractivity contribution in [3.05, 3.63) is 53.1 Å². The minimum absolute atomic E-state index is 0.125. The average molecular weight is 458 g/mol. The molecule has 0 atom stereocenters. The Bertz CT molecular complexity index is 926. The molecule has 4 rings (SSSR count). The minimum Gasteiger partial charge on any atom is -0.497 e. The number of urea groups is 1. The molecule has 32 heavy (non-hydrogen) atoms. The summed E-state index contributed by atoms with van der Waals surface area (Å²) < 4.78 is 11.4. The molecule has 0 aromatic heterocycles. The number of likely N-dealkylation sites (tertiary alicyclic amines) is 1. The van der Waals surface area contributed by atoms with Gasteiger partial charge in [0.05, 0.1) is 18.2 Å². The first-order valence-corrected chi connectivity index (χ1v) is 11.7. The van der Waals surface area contributed by atoms with E-state index in [9.17, 15) is 4.79 Å². The summed E-state index contributed by atoms with van der Waals surface area (Å²) in [6.07, 6.45) is 4.52. The van der Waals surface area contributed by atoms with Crippen LogP contribution in [0.2, 0.25) is 5.02 Å². The topological polar surface area (TPSA) is 54.0 Å². The van der Waals surface area contributed by atoms with Gasteiger partial charge in [0.2, 0.25) is 0 Å². The lowest BCUT2D eigenvalue weighted by Crippen LogP contribution is -2.43. The maximum atomic E-state index is 12.5. The molecule has 7 heteroatoms. The molecule has 1 aliphatic heterocycles. The van der Waals surface area contributed by atoms with Crippen molar-refractivity contribution < 1.29 is 14.3 Å². The van der Waals surface area contributed by atoms with Crippen molar-refractivity contribution in [3.8, 4) is 11.5 Å². The number of carbonyl (C=O) groups excluding carboxylic acids is 1. The van der Waals surface area contributed by atoms with Gasteiger partial charge < -0.3 is 19.7 Å². The number of anilines is 1. The van der Waals surface area contributed by atoms with Crippen LogP contribution in [0.4, 0.5) is 10.5 Å². The first kappa shape index (κ1) is 22.7. The van der Waals surface area contributed by atoms with E-state index in [0.717, 1.165) is 54.5 Å². The SMILES string of the molecule is COc1cccc(NC(=O)N(C)CC2CC(Oc3cccc(CN4CCCC4)c3Cl)C2)c1. The zero-order chi connectivity index (χ0) is 22.5. The molecule has 1 heterocycles. The number of carbonyl (C=O) groups is 1. The third kappa shape index (κ3) is 5.67. The number of ether oxygens (including phenoxy) is 2. The summed E-state index contributed by atoms with van der Waals surface area (Å²) in [5, 5.41) is 3.65. The summed E-state index contributed by atoms with van der Waals surface area (Å²) >= 11 is 6.65. The molecule has 1 saturated heterocycles. The van der Waals surface area contributed by atoms with Crippen LogP contribution in [0.1, 0.15) is 31.2 Å². The highest BCUT2D eigenvalue weighted by atomic mass is 35.5. The zero-order valence-electron chi connectivity index (χ0n) is 18.9. The van der Waals surface area contributed by atoms with Crippen molar-refractivity contribution in [1.29, 1.82) is 0 Å². The summed E-state index contributed by atoms with van der Waals surface area (Å²) in [7, 11) is 3.43. The molecule has 1 saturated carbocycles. The molecule has 0 unspecified atom stereocenters. The predicted octanol–water partition coefficient (Wildman–Crippen LogP) is 5.27. The lowest BCUT2D eigenvalue weighted by Gasteiger charge is -2.37. The Kier molecular flexibility index (Phi) is 7.43. The van der Waals surface area contributed by atoms with Crippen LogP contribution in [0.25, 0.3) is 0 Å². The van der Waals surface area contributed by atoms with Gasteiger partial charge in [-0.15, -0.1) is 0 Å². The Hall–Kier alpha value is -2.44. The van der Waals surface area contributed by atoms with Gasteiger partial charge in [0.15, 0.2) is 0 Å². The fourth-order valence-electron chi connectivity index (χ4n) is 4.44. The lowest BCUT2D eigenvalue weighted by molar-refractivity contribution is 0.0532. The number of nitrogens with one attached hydrogen (secondary N) is 1. The van der Waals surface area contributed by atoms with Crippen molar-refractivity contribution in [2.45, 2.75) is 38.3 Å². The number of benzene rings is 2. The van der Waals surface area contributed by atoms with E-state index in [-0.39, 0.29) is 12.1 Å². The van der Waals surface area contributed by atoms with E-state index in [1.807, 2.05) is 37.4 Å². The molecule has 6 nitrogen and oxygen atoms in total. The maximum Gasteiger partial charge on any atom is 0.321 e. The second-order valence-electron chi connectivity index (χ2n) is 8.83. The minimum atomic E-state index is -0.125. The number of amides is 2. The normalized spacial score (nSPS) is 20.5. The van der Waals surface area contributed by atoms with E-state index >= 15 is 0 Å². The quantitative estimate of drug-likeness (QED) is 0.587. The molecule has 2 amide bonds. The highest BCUT2D eigenvalue weighted by molar-refractivity contribution is 6.32. The van der Waals surface area contributed by atoms with Crippen LogP contribution in [0.15, 0.2) is 42.5 Å². The molecule has 2 fully saturated rings. The third-order valence-electron chi connectivity index (χ3n) is 6.32. The second-order valence-corrected chi connectivity index (χ2v) is 9.21. The van der Waals surface area contributed by atoms with E-state index in [1.54, 1.807) is 18.1 Å². The van der Waals surface area contributed by atoms with Gasteiger partial charge in [0.25, 0.3) is 0 Å². The average Bonchev–Trinajstić information content (AvgIpc) is 3.28. The third-order valence-corrected chi connectivity index (χ3v) is 6.75. The van der Waals surface area contributed by atoms with E-state index in [2.05, 4.69) is 16.3 Å². The Labute approximate surface area is 195 Å². The standard InChI is InChI=1S/C25H32ClN3O3/c1-28(25(30)27-20-8-6-9-21(15-20)31-2)16-18-13-22(14-18)32-23-10-5-7-19(24(23)26)17-29-11-3-4-12-29/h5-10,15,18,22H,3-4,11-14,16-17H2,1-2H3,(H,27,30). The Morgan fingerprint density at radius 3 is 2.69 bits per heavy atom. The van der Waals surface area contributed by atoms with Gasteiger partial charge >= 0.3 is 6.03 Å². The van der Waals surface area contributed by atoms with Gasteiger partial charge in [-0.05, 0) is 68.5 Å². The number of methoxy groups -OCH3 is 1. The van der Waals surface area contributed by atoms with E-state index in [0.29, 0.717) is 18.2 Å². The molecule has 0 bridgehead atoms. The summed E-state index contributed by atoms with van der Waals surface area (Å²) in [4.78, 5) is 16.7. The molecule has 1 aliphatic carbocycles. The van der Waals surface area contributed by atoms with E-state index in [1.165, 1.54) is 12.8 Å². The Morgan fingerprint density at radius 2 is 1.94 bits per heavy atom. The van der Waals surface area contributed by atoms with Crippen LogP contribution < -0.4 is 14.8 Å². The molecule has 2 aromatic carbocycles. The maximum absolute atomic E-state index is 12.5. The van der Waals surface area contributed by atoms with Gasteiger partial charge in [0.1, 0.15) is 11.5 Å². The first-order valence-electron chi connectivity index (χ1n) is 11.3. The summed E-state index contributed by atoms with van der Waals surface area (Å²) in [6, 6.07) is 13.3. The lowest BCUT2D eigenvalue weighted by atomic mass is 9.82. The van der Waals surface area contributed by atoms with Crippen molar-refractivity contribution in [3.63, 3.8) is 0 Å². The van der Waals surface area contributed by atoms with E-state index < -0.39 is 0 Å². The molecule has 2 aliphatic rings. The molecule has 0 spiro atoms. The first-order chi connectivity index (χ1) is 15.5. The van der Waals surface area contributed by atoms with Crippen LogP contribution >= 0.6 is 11.6 Å². The van der Waals surface area contributed by atoms with Crippen molar-refractivity contribution in [2.75, 3.05) is 39.1 Å². The monoisotopic (exact) mass is 457 g/mol. The predicted molar refractivity (Wildman–Crippen MR) is 128 cm³/mol. The molecular formula is C25H32ClN3O3. The largest absolute Gasteiger partial charge is 0.497 e. The van der Waals surface area contributed by atoms with Crippen LogP contribution in [0.3, 0.4) is 0 Å². The van der Waals surface area contributed by atoms with Crippen LogP contribution in [-0.2, 0) is 6.54 Å². The Balaban J connectivity index is 1.23. The smallest absolute Gasteiger partial charge is 0.321 e. The summed E-state index contributed by atoms with van der Waals surface area (Å²) in [5.41, 5.74) is 1.86. The van der Waals surface area contributed by atoms with Gasteiger partial charge in [-0.3, -0.25) is 4.90 Å². The molecular weight excluding hydrogens is 426 g/mol. The van der Waals surface area contributed by atoms with Gasteiger partial charge in [-0.2, -0.15) is 0 Å². The fourth-order valence-corrected chi connectivity index (χ4v) is 4.67. The van der Waals surface area contributed by atoms with Crippen molar-refractivity contribution in [1.82, 2.24) is 9.80 Å². The molecule has 172 valence electrons. The molecule has 2 aromatic rings. The highest BCUT2D eigenvalue weighted by Gasteiger charge is 2.33. The number of nitrogens with zero attached hydrogens (tertiary/aromatic N) is 2. The van der Waals surface area contributed by atoms with Crippen molar-refractivity contribution >= 4 is 23.3 Å².